The molecule has 296 valence electrons. The van der Waals surface area contributed by atoms with Crippen molar-refractivity contribution in [1.29, 1.82) is 0 Å². The molecule has 1 atom stereocenters. The van der Waals surface area contributed by atoms with Crippen molar-refractivity contribution < 1.29 is 40.0 Å². The Balaban J connectivity index is -0.000000279. The third-order valence-corrected chi connectivity index (χ3v) is 10.2. The summed E-state index contributed by atoms with van der Waals surface area (Å²) >= 11 is 0. The van der Waals surface area contributed by atoms with Crippen LogP contribution in [0.3, 0.4) is 0 Å². The number of sulfone groups is 1. The fraction of sp³-hybridized carbons (Fsp3) is 0.486. The van der Waals surface area contributed by atoms with Gasteiger partial charge in [-0.15, -0.1) is 12.4 Å². The molecule has 3 rings (SSSR count). The number of nitrogens with two attached hydrogens (primary N) is 1. The number of halogens is 2. The lowest BCUT2D eigenvalue weighted by atomic mass is 10.2. The second kappa shape index (κ2) is 28.4. The van der Waals surface area contributed by atoms with Crippen LogP contribution in [0.2, 0.25) is 0 Å². The summed E-state index contributed by atoms with van der Waals surface area (Å²) in [6, 6.07) is 18.9. The maximum Gasteiger partial charge on any atom is 0.294 e. The third kappa shape index (κ3) is 27.2. The van der Waals surface area contributed by atoms with Gasteiger partial charge in [-0.25, -0.2) is 16.8 Å². The van der Waals surface area contributed by atoms with Crippen molar-refractivity contribution >= 4 is 52.1 Å². The first-order valence-electron chi connectivity index (χ1n) is 15.8. The number of hydrogen-bond donors (Lipinski definition) is 5. The topological polar surface area (TPSA) is 201 Å². The molecule has 1 unspecified atom stereocenters. The molecule has 0 aromatic heterocycles. The lowest BCUT2D eigenvalue weighted by Crippen LogP contribution is -2.26. The van der Waals surface area contributed by atoms with Gasteiger partial charge < -0.3 is 21.3 Å². The average molecular weight is 820 g/mol. The Kier molecular flexibility index (Phi) is 31.0. The number of aliphatic hydroxyl groups is 2. The van der Waals surface area contributed by atoms with Crippen LogP contribution in [0.4, 0.5) is 0 Å². The second-order valence-electron chi connectivity index (χ2n) is 12.1. The van der Waals surface area contributed by atoms with Crippen LogP contribution < -0.4 is 11.1 Å². The number of nitrogens with one attached hydrogen (secondary N) is 1. The third-order valence-electron chi connectivity index (χ3n) is 5.84. The molecule has 0 heterocycles. The van der Waals surface area contributed by atoms with Gasteiger partial charge in [0.2, 0.25) is 9.84 Å². The van der Waals surface area contributed by atoms with Crippen molar-refractivity contribution in [3.63, 3.8) is 0 Å². The smallest absolute Gasteiger partial charge is 0.294 e. The Morgan fingerprint density at radius 1 is 0.647 bits per heavy atom. The molecule has 0 aliphatic heterocycles. The Morgan fingerprint density at radius 3 is 1.14 bits per heavy atom. The van der Waals surface area contributed by atoms with E-state index in [1.165, 1.54) is 43.4 Å². The van der Waals surface area contributed by atoms with E-state index in [2.05, 4.69) is 24.9 Å². The number of rotatable bonds is 8. The van der Waals surface area contributed by atoms with Crippen LogP contribution in [0, 0.1) is 38.5 Å². The summed E-state index contributed by atoms with van der Waals surface area (Å²) in [6.07, 6.45) is 0. The van der Waals surface area contributed by atoms with E-state index in [1.54, 1.807) is 50.2 Å². The lowest BCUT2D eigenvalue weighted by molar-refractivity contribution is 0.199. The van der Waals surface area contributed by atoms with E-state index in [9.17, 15) is 30.4 Å². The van der Waals surface area contributed by atoms with Gasteiger partial charge in [-0.3, -0.25) is 4.55 Å². The van der Waals surface area contributed by atoms with Crippen molar-refractivity contribution in [3.8, 4) is 0 Å². The zero-order chi connectivity index (χ0) is 39.9. The maximum absolute atomic E-state index is 11.8. The monoisotopic (exact) mass is 818 g/mol. The maximum atomic E-state index is 11.8. The highest BCUT2D eigenvalue weighted by Crippen LogP contribution is 2.20. The molecule has 0 fully saturated rings. The zero-order valence-corrected chi connectivity index (χ0v) is 35.6. The minimum absolute atomic E-state index is 0. The molecule has 51 heavy (non-hydrogen) atoms. The van der Waals surface area contributed by atoms with Gasteiger partial charge in [0.25, 0.3) is 19.2 Å². The van der Waals surface area contributed by atoms with Crippen LogP contribution in [-0.4, -0.2) is 72.7 Å². The predicted molar refractivity (Wildman–Crippen MR) is 212 cm³/mol. The largest absolute Gasteiger partial charge is 0.396 e. The Labute approximate surface area is 318 Å². The van der Waals surface area contributed by atoms with Gasteiger partial charge in [-0.2, -0.15) is 8.42 Å². The Bertz CT molecular complexity index is 1560. The van der Waals surface area contributed by atoms with E-state index in [4.69, 9.17) is 20.3 Å². The van der Waals surface area contributed by atoms with Crippen LogP contribution >= 0.6 is 23.1 Å². The van der Waals surface area contributed by atoms with E-state index in [1.807, 2.05) is 41.7 Å². The molecule has 0 aliphatic rings. The summed E-state index contributed by atoms with van der Waals surface area (Å²) in [6.45, 7) is 18.7. The van der Waals surface area contributed by atoms with E-state index in [0.29, 0.717) is 12.5 Å². The van der Waals surface area contributed by atoms with Gasteiger partial charge in [0, 0.05) is 17.3 Å². The van der Waals surface area contributed by atoms with Crippen LogP contribution in [0.25, 0.3) is 0 Å². The molecule has 0 saturated carbocycles. The molecule has 3 aromatic rings. The first-order chi connectivity index (χ1) is 22.9. The summed E-state index contributed by atoms with van der Waals surface area (Å²) < 4.78 is 74.6. The molecule has 11 nitrogen and oxygen atoms in total. The molecule has 0 bridgehead atoms. The second-order valence-corrected chi connectivity index (χ2v) is 18.1. The van der Waals surface area contributed by atoms with Gasteiger partial charge in [0.05, 0.1) is 14.7 Å². The molecule has 6 N–H and O–H groups in total. The van der Waals surface area contributed by atoms with Crippen molar-refractivity contribution in [2.75, 3.05) is 27.2 Å². The molecule has 0 saturated heterocycles. The predicted octanol–water partition coefficient (Wildman–Crippen LogP) is 6.40. The molecule has 0 aliphatic carbocycles. The van der Waals surface area contributed by atoms with Gasteiger partial charge in [0.1, 0.15) is 0 Å². The van der Waals surface area contributed by atoms with Crippen molar-refractivity contribution in [3.05, 3.63) is 89.5 Å². The molecule has 0 radical (unpaired) electrons. The highest BCUT2D eigenvalue weighted by Gasteiger charge is 2.27. The number of benzene rings is 3. The average Bonchev–Trinajstić information content (AvgIpc) is 3.02. The van der Waals surface area contributed by atoms with Crippen molar-refractivity contribution in [2.45, 2.75) is 82.4 Å². The van der Waals surface area contributed by atoms with Crippen LogP contribution in [0.15, 0.2) is 87.5 Å². The summed E-state index contributed by atoms with van der Waals surface area (Å²) in [5.74, 6) is 0.918. The molecule has 0 amide bonds. The van der Waals surface area contributed by atoms with Gasteiger partial charge in [-0.1, -0.05) is 94.6 Å². The summed E-state index contributed by atoms with van der Waals surface area (Å²) in [5, 5.41) is 20.8. The van der Waals surface area contributed by atoms with Crippen LogP contribution in [0.5, 0.6) is 0 Å². The summed E-state index contributed by atoms with van der Waals surface area (Å²) in [5.41, 5.74) is 6.12. The van der Waals surface area contributed by atoms with Crippen LogP contribution in [0.1, 0.15) is 58.2 Å². The number of aliphatic hydroxyl groups excluding tert-OH is 2. The fourth-order valence-electron chi connectivity index (χ4n) is 3.04. The van der Waals surface area contributed by atoms with E-state index in [0.717, 1.165) is 29.2 Å². The minimum Gasteiger partial charge on any atom is -0.396 e. The first kappa shape index (κ1) is 55.6. The van der Waals surface area contributed by atoms with E-state index < -0.39 is 34.4 Å². The summed E-state index contributed by atoms with van der Waals surface area (Å²) in [7, 11) is -2.61. The van der Waals surface area contributed by atoms with E-state index in [-0.39, 0.29) is 33.0 Å². The molecular formula is C35H60Cl2N2O9S3. The highest BCUT2D eigenvalue weighted by atomic mass is 35.7. The molecule has 0 spiro atoms. The minimum atomic E-state index is -4.02. The number of hydrogen-bond acceptors (Lipinski definition) is 10. The fourth-order valence-corrected chi connectivity index (χ4v) is 5.81. The SMILES string of the molecule is CC(C)CO.CN.CNCC(C)C.Cc1ccc(S(=O)(=O)C(O)C(C)C)cc1.Cc1ccc(S(=O)(=O)Cl)cc1.Cc1ccc(S(=O)(=O)O)cc1.Cl. The summed E-state index contributed by atoms with van der Waals surface area (Å²) in [4.78, 5) is 0.252. The molecule has 3 aromatic carbocycles. The zero-order valence-electron chi connectivity index (χ0n) is 31.5. The number of aryl methyl sites for hydroxylation is 3. The van der Waals surface area contributed by atoms with Crippen molar-refractivity contribution in [1.82, 2.24) is 5.32 Å². The van der Waals surface area contributed by atoms with E-state index >= 15 is 0 Å². The van der Waals surface area contributed by atoms with Crippen LogP contribution in [-0.2, 0) is 29.0 Å². The lowest BCUT2D eigenvalue weighted by Gasteiger charge is -2.15. The molecular weight excluding hydrogens is 759 g/mol. The Hall–Kier alpha value is -2.11. The van der Waals surface area contributed by atoms with Crippen molar-refractivity contribution in [2.24, 2.45) is 23.5 Å². The standard InChI is InChI=1S/C11H16O3S.C7H7ClO2S.C7H8O3S.C5H13N.C4H10O.CH5N.ClH/c1-8(2)11(12)15(13,14)10-6-4-9(3)5-7-10;2*1-6-2-4-7(5-3-6)11(8,9)10;1-5(2)4-6-3;1-4(2)3-5;1-2;/h4-8,11-12H,1-3H3;2-5H,1H3;2-5H,1H3,(H,8,9,10);5-6H,4H2,1-3H3;4-5H,3H2,1-2H3;2H2,1H3;1H. The first-order valence-corrected chi connectivity index (χ1v) is 21.1. The molecule has 16 heteroatoms. The quantitative estimate of drug-likeness (QED) is 0.124. The Morgan fingerprint density at radius 2 is 0.941 bits per heavy atom. The van der Waals surface area contributed by atoms with Gasteiger partial charge in [-0.05, 0) is 95.6 Å². The normalized spacial score (nSPS) is 11.4. The highest BCUT2D eigenvalue weighted by molar-refractivity contribution is 8.13. The van der Waals surface area contributed by atoms with Gasteiger partial charge in [0.15, 0.2) is 5.44 Å². The van der Waals surface area contributed by atoms with Gasteiger partial charge >= 0.3 is 0 Å².